The summed E-state index contributed by atoms with van der Waals surface area (Å²) in [5, 5.41) is 8.58. The standard InChI is InChI=1S/C16H24O6/c1-4-11-5-6-12(21-15(19)8-7-14(17)18)13(9-11)22-16(20)10(2)3/h11-13H,2,4-9H2,1,3H3,(H,17,18). The van der Waals surface area contributed by atoms with Crippen LogP contribution in [0.2, 0.25) is 0 Å². The maximum atomic E-state index is 11.7. The van der Waals surface area contributed by atoms with Gasteiger partial charge in [0.15, 0.2) is 0 Å². The van der Waals surface area contributed by atoms with Gasteiger partial charge in [-0.2, -0.15) is 0 Å². The second kappa shape index (κ2) is 8.56. The fourth-order valence-corrected chi connectivity index (χ4v) is 2.49. The summed E-state index contributed by atoms with van der Waals surface area (Å²) in [6.07, 6.45) is 1.69. The van der Waals surface area contributed by atoms with Gasteiger partial charge in [0.25, 0.3) is 0 Å². The highest BCUT2D eigenvalue weighted by Gasteiger charge is 2.35. The number of rotatable bonds is 7. The first-order chi connectivity index (χ1) is 10.3. The van der Waals surface area contributed by atoms with E-state index in [1.807, 2.05) is 0 Å². The van der Waals surface area contributed by atoms with Gasteiger partial charge in [-0.3, -0.25) is 9.59 Å². The van der Waals surface area contributed by atoms with Gasteiger partial charge in [0.05, 0.1) is 12.8 Å². The molecule has 6 nitrogen and oxygen atoms in total. The van der Waals surface area contributed by atoms with Crippen LogP contribution in [-0.4, -0.2) is 35.2 Å². The van der Waals surface area contributed by atoms with E-state index in [2.05, 4.69) is 13.5 Å². The molecule has 3 atom stereocenters. The van der Waals surface area contributed by atoms with E-state index in [9.17, 15) is 14.4 Å². The SMILES string of the molecule is C=C(C)C(=O)OC1CC(CC)CCC1OC(=O)CCC(=O)O. The first-order valence-corrected chi connectivity index (χ1v) is 7.61. The Morgan fingerprint density at radius 1 is 1.14 bits per heavy atom. The minimum absolute atomic E-state index is 0.176. The molecule has 0 spiro atoms. The smallest absolute Gasteiger partial charge is 0.333 e. The second-order valence-corrected chi connectivity index (χ2v) is 5.73. The molecule has 1 fully saturated rings. The molecular weight excluding hydrogens is 288 g/mol. The Balaban J connectivity index is 2.63. The van der Waals surface area contributed by atoms with E-state index in [0.29, 0.717) is 24.3 Å². The number of ether oxygens (including phenoxy) is 2. The predicted molar refractivity (Wildman–Crippen MR) is 79.1 cm³/mol. The molecule has 1 rings (SSSR count). The number of carboxylic acids is 1. The van der Waals surface area contributed by atoms with Crippen molar-refractivity contribution in [1.29, 1.82) is 0 Å². The minimum Gasteiger partial charge on any atom is -0.481 e. The van der Waals surface area contributed by atoms with Crippen LogP contribution >= 0.6 is 0 Å². The third-order valence-corrected chi connectivity index (χ3v) is 3.85. The molecule has 6 heteroatoms. The molecule has 1 aliphatic rings. The Kier molecular flexibility index (Phi) is 7.08. The maximum absolute atomic E-state index is 11.7. The molecule has 1 aliphatic carbocycles. The summed E-state index contributed by atoms with van der Waals surface area (Å²) in [7, 11) is 0. The van der Waals surface area contributed by atoms with Crippen LogP contribution in [-0.2, 0) is 23.9 Å². The molecule has 0 amide bonds. The predicted octanol–water partition coefficient (Wildman–Crippen LogP) is 2.46. The van der Waals surface area contributed by atoms with Crippen molar-refractivity contribution in [2.75, 3.05) is 0 Å². The summed E-state index contributed by atoms with van der Waals surface area (Å²) in [6, 6.07) is 0. The highest BCUT2D eigenvalue weighted by atomic mass is 16.6. The number of aliphatic carboxylic acids is 1. The van der Waals surface area contributed by atoms with Gasteiger partial charge in [0, 0.05) is 5.57 Å². The lowest BCUT2D eigenvalue weighted by molar-refractivity contribution is -0.171. The third-order valence-electron chi connectivity index (χ3n) is 3.85. The van der Waals surface area contributed by atoms with Crippen LogP contribution in [0.4, 0.5) is 0 Å². The van der Waals surface area contributed by atoms with Crippen molar-refractivity contribution < 1.29 is 29.0 Å². The van der Waals surface area contributed by atoms with Crippen LogP contribution in [0.25, 0.3) is 0 Å². The number of carbonyl (C=O) groups excluding carboxylic acids is 2. The lowest BCUT2D eigenvalue weighted by Crippen LogP contribution is -2.40. The molecule has 1 N–H and O–H groups in total. The Hall–Kier alpha value is -1.85. The molecule has 0 radical (unpaired) electrons. The highest BCUT2D eigenvalue weighted by Crippen LogP contribution is 2.31. The molecule has 0 bridgehead atoms. The van der Waals surface area contributed by atoms with E-state index < -0.39 is 30.1 Å². The van der Waals surface area contributed by atoms with Crippen LogP contribution < -0.4 is 0 Å². The van der Waals surface area contributed by atoms with Gasteiger partial charge in [0.1, 0.15) is 12.2 Å². The lowest BCUT2D eigenvalue weighted by Gasteiger charge is -2.34. The number of carbonyl (C=O) groups is 3. The Bertz CT molecular complexity index is 442. The average Bonchev–Trinajstić information content (AvgIpc) is 2.46. The number of hydrogen-bond acceptors (Lipinski definition) is 5. The molecule has 22 heavy (non-hydrogen) atoms. The van der Waals surface area contributed by atoms with Crippen molar-refractivity contribution in [3.05, 3.63) is 12.2 Å². The average molecular weight is 312 g/mol. The fraction of sp³-hybridized carbons (Fsp3) is 0.688. The van der Waals surface area contributed by atoms with Gasteiger partial charge in [-0.1, -0.05) is 19.9 Å². The van der Waals surface area contributed by atoms with Gasteiger partial charge in [-0.15, -0.1) is 0 Å². The van der Waals surface area contributed by atoms with Crippen molar-refractivity contribution >= 4 is 17.9 Å². The number of esters is 2. The van der Waals surface area contributed by atoms with E-state index >= 15 is 0 Å². The third kappa shape index (κ3) is 5.87. The molecule has 1 saturated carbocycles. The van der Waals surface area contributed by atoms with Gasteiger partial charge in [0.2, 0.25) is 0 Å². The normalized spacial score (nSPS) is 24.4. The summed E-state index contributed by atoms with van der Waals surface area (Å²) < 4.78 is 10.7. The van der Waals surface area contributed by atoms with Crippen molar-refractivity contribution in [2.45, 2.75) is 64.6 Å². The Labute approximate surface area is 130 Å². The molecule has 124 valence electrons. The van der Waals surface area contributed by atoms with E-state index in [1.165, 1.54) is 0 Å². The largest absolute Gasteiger partial charge is 0.481 e. The Morgan fingerprint density at radius 3 is 2.36 bits per heavy atom. The molecule has 3 unspecified atom stereocenters. The summed E-state index contributed by atoms with van der Waals surface area (Å²) in [4.78, 5) is 33.9. The van der Waals surface area contributed by atoms with E-state index in [4.69, 9.17) is 14.6 Å². The zero-order chi connectivity index (χ0) is 16.7. The summed E-state index contributed by atoms with van der Waals surface area (Å²) in [5.41, 5.74) is 0.301. The zero-order valence-electron chi connectivity index (χ0n) is 13.2. The topological polar surface area (TPSA) is 89.9 Å². The molecule has 0 aromatic heterocycles. The number of carboxylic acid groups (broad SMARTS) is 1. The van der Waals surface area contributed by atoms with Gasteiger partial charge in [-0.25, -0.2) is 4.79 Å². The summed E-state index contributed by atoms with van der Waals surface area (Å²) in [5.74, 6) is -1.68. The summed E-state index contributed by atoms with van der Waals surface area (Å²) in [6.45, 7) is 7.18. The lowest BCUT2D eigenvalue weighted by atomic mass is 9.83. The minimum atomic E-state index is -1.04. The molecule has 0 heterocycles. The zero-order valence-corrected chi connectivity index (χ0v) is 13.2. The highest BCUT2D eigenvalue weighted by molar-refractivity contribution is 5.87. The van der Waals surface area contributed by atoms with Crippen molar-refractivity contribution in [1.82, 2.24) is 0 Å². The second-order valence-electron chi connectivity index (χ2n) is 5.73. The van der Waals surface area contributed by atoms with Gasteiger partial charge >= 0.3 is 17.9 Å². The molecule has 0 aromatic carbocycles. The van der Waals surface area contributed by atoms with Crippen LogP contribution in [0.3, 0.4) is 0 Å². The fourth-order valence-electron chi connectivity index (χ4n) is 2.49. The van der Waals surface area contributed by atoms with Crippen LogP contribution in [0.5, 0.6) is 0 Å². The number of hydrogen-bond donors (Lipinski definition) is 1. The summed E-state index contributed by atoms with van der Waals surface area (Å²) >= 11 is 0. The van der Waals surface area contributed by atoms with Gasteiger partial charge in [-0.05, 0) is 32.1 Å². The van der Waals surface area contributed by atoms with E-state index in [-0.39, 0.29) is 12.8 Å². The maximum Gasteiger partial charge on any atom is 0.333 e. The van der Waals surface area contributed by atoms with Gasteiger partial charge < -0.3 is 14.6 Å². The first-order valence-electron chi connectivity index (χ1n) is 7.61. The van der Waals surface area contributed by atoms with Crippen LogP contribution in [0, 0.1) is 5.92 Å². The van der Waals surface area contributed by atoms with Crippen molar-refractivity contribution in [2.24, 2.45) is 5.92 Å². The molecule has 0 aliphatic heterocycles. The van der Waals surface area contributed by atoms with Crippen molar-refractivity contribution in [3.8, 4) is 0 Å². The monoisotopic (exact) mass is 312 g/mol. The van der Waals surface area contributed by atoms with Crippen LogP contribution in [0.15, 0.2) is 12.2 Å². The molecule has 0 saturated heterocycles. The quantitative estimate of drug-likeness (QED) is 0.573. The van der Waals surface area contributed by atoms with Crippen LogP contribution in [0.1, 0.15) is 52.4 Å². The first kappa shape index (κ1) is 18.2. The van der Waals surface area contributed by atoms with Crippen molar-refractivity contribution in [3.63, 3.8) is 0 Å². The molecule has 0 aromatic rings. The Morgan fingerprint density at radius 2 is 1.82 bits per heavy atom. The molecular formula is C16H24O6. The van der Waals surface area contributed by atoms with E-state index in [1.54, 1.807) is 6.92 Å². The van der Waals surface area contributed by atoms with E-state index in [0.717, 1.165) is 12.8 Å².